The molecule has 8 heteroatoms. The molecule has 0 bridgehead atoms. The van der Waals surface area contributed by atoms with Crippen molar-refractivity contribution in [3.05, 3.63) is 101 Å². The molecule has 184 valence electrons. The zero-order valence-corrected chi connectivity index (χ0v) is 20.6. The molecular formula is C29H26N6O2. The van der Waals surface area contributed by atoms with Crippen LogP contribution in [0.15, 0.2) is 79.1 Å². The van der Waals surface area contributed by atoms with Crippen LogP contribution in [0.2, 0.25) is 0 Å². The molecular weight excluding hydrogens is 464 g/mol. The van der Waals surface area contributed by atoms with E-state index in [1.807, 2.05) is 66.2 Å². The van der Waals surface area contributed by atoms with E-state index in [0.717, 1.165) is 39.1 Å². The smallest absolute Gasteiger partial charge is 0.251 e. The van der Waals surface area contributed by atoms with Crippen LogP contribution in [0.25, 0.3) is 28.2 Å². The number of anilines is 1. The van der Waals surface area contributed by atoms with Gasteiger partial charge in [0.05, 0.1) is 5.56 Å². The Labute approximate surface area is 214 Å². The van der Waals surface area contributed by atoms with E-state index in [4.69, 9.17) is 10.7 Å². The standard InChI is InChI=1S/C29H26N6O2/c1-18-13-25-28(32-16-18)35(27(34-25)24-7-4-12-31-26(24)30)23-10-8-20(9-11-23)17-33-29(37)22-6-3-5-21(15-22)14-19(2)36/h3-13,15-16H,14,17H2,1-2H3,(H2,30,31)(H,33,37). The molecule has 3 N–H and O–H groups in total. The number of hydrogen-bond acceptors (Lipinski definition) is 6. The highest BCUT2D eigenvalue weighted by atomic mass is 16.1. The first kappa shape index (κ1) is 23.9. The van der Waals surface area contributed by atoms with Gasteiger partial charge in [0, 0.05) is 36.6 Å². The first-order valence-electron chi connectivity index (χ1n) is 11.9. The summed E-state index contributed by atoms with van der Waals surface area (Å²) in [5, 5.41) is 2.95. The lowest BCUT2D eigenvalue weighted by Gasteiger charge is -2.11. The van der Waals surface area contributed by atoms with Gasteiger partial charge in [-0.3, -0.25) is 14.2 Å². The fourth-order valence-corrected chi connectivity index (χ4v) is 4.25. The SMILES string of the molecule is CC(=O)Cc1cccc(C(=O)NCc2ccc(-n3c(-c4cccnc4N)nc4cc(C)cnc43)cc2)c1. The summed E-state index contributed by atoms with van der Waals surface area (Å²) in [6.07, 6.45) is 3.77. The Bertz CT molecular complexity index is 1620. The van der Waals surface area contributed by atoms with Gasteiger partial charge in [-0.2, -0.15) is 0 Å². The van der Waals surface area contributed by atoms with Crippen molar-refractivity contribution in [2.45, 2.75) is 26.8 Å². The second-order valence-corrected chi connectivity index (χ2v) is 8.99. The highest BCUT2D eigenvalue weighted by Crippen LogP contribution is 2.30. The number of hydrogen-bond donors (Lipinski definition) is 2. The number of amides is 1. The lowest BCUT2D eigenvalue weighted by atomic mass is 10.1. The zero-order chi connectivity index (χ0) is 25.9. The summed E-state index contributed by atoms with van der Waals surface area (Å²) in [5.74, 6) is 0.916. The van der Waals surface area contributed by atoms with Gasteiger partial charge >= 0.3 is 0 Å². The first-order chi connectivity index (χ1) is 17.9. The van der Waals surface area contributed by atoms with E-state index < -0.39 is 0 Å². The molecule has 3 heterocycles. The van der Waals surface area contributed by atoms with Crippen LogP contribution in [0.3, 0.4) is 0 Å². The predicted molar refractivity (Wildman–Crippen MR) is 143 cm³/mol. The van der Waals surface area contributed by atoms with Crippen molar-refractivity contribution in [1.82, 2.24) is 24.8 Å². The molecule has 0 atom stereocenters. The highest BCUT2D eigenvalue weighted by Gasteiger charge is 2.18. The minimum atomic E-state index is -0.191. The van der Waals surface area contributed by atoms with E-state index in [1.54, 1.807) is 24.4 Å². The maximum atomic E-state index is 12.7. The van der Waals surface area contributed by atoms with Crippen molar-refractivity contribution < 1.29 is 9.59 Å². The number of fused-ring (bicyclic) bond motifs is 1. The van der Waals surface area contributed by atoms with Crippen molar-refractivity contribution in [2.24, 2.45) is 0 Å². The topological polar surface area (TPSA) is 116 Å². The van der Waals surface area contributed by atoms with Crippen molar-refractivity contribution in [2.75, 3.05) is 5.73 Å². The van der Waals surface area contributed by atoms with Gasteiger partial charge in [0.2, 0.25) is 0 Å². The molecule has 0 radical (unpaired) electrons. The number of nitrogens with one attached hydrogen (secondary N) is 1. The fraction of sp³-hybridized carbons (Fsp3) is 0.138. The number of nitrogen functional groups attached to an aromatic ring is 1. The number of carbonyl (C=O) groups excluding carboxylic acids is 2. The van der Waals surface area contributed by atoms with E-state index in [0.29, 0.717) is 30.2 Å². The summed E-state index contributed by atoms with van der Waals surface area (Å²) in [7, 11) is 0. The Hall–Kier alpha value is -4.85. The number of benzene rings is 2. The summed E-state index contributed by atoms with van der Waals surface area (Å²) in [5.41, 5.74) is 12.6. The van der Waals surface area contributed by atoms with Gasteiger partial charge in [0.25, 0.3) is 5.91 Å². The summed E-state index contributed by atoms with van der Waals surface area (Å²) in [4.78, 5) is 37.8. The number of Topliss-reactive ketones (excluding diaryl/α,β-unsaturated/α-hetero) is 1. The summed E-state index contributed by atoms with van der Waals surface area (Å²) in [6, 6.07) is 20.7. The second-order valence-electron chi connectivity index (χ2n) is 8.99. The first-order valence-corrected chi connectivity index (χ1v) is 11.9. The van der Waals surface area contributed by atoms with Gasteiger partial charge < -0.3 is 11.1 Å². The van der Waals surface area contributed by atoms with Gasteiger partial charge in [-0.25, -0.2) is 15.0 Å². The number of aromatic nitrogens is 4. The molecule has 5 rings (SSSR count). The number of nitrogens with zero attached hydrogens (tertiary/aromatic N) is 4. The van der Waals surface area contributed by atoms with Crippen molar-refractivity contribution in [1.29, 1.82) is 0 Å². The van der Waals surface area contributed by atoms with Crippen molar-refractivity contribution in [3.63, 3.8) is 0 Å². The molecule has 8 nitrogen and oxygen atoms in total. The average Bonchev–Trinajstić information content (AvgIpc) is 3.26. The number of carbonyl (C=O) groups is 2. The van der Waals surface area contributed by atoms with E-state index >= 15 is 0 Å². The molecule has 3 aromatic heterocycles. The normalized spacial score (nSPS) is 11.0. The lowest BCUT2D eigenvalue weighted by molar-refractivity contribution is -0.116. The Morgan fingerprint density at radius 2 is 1.78 bits per heavy atom. The Balaban J connectivity index is 1.40. The van der Waals surface area contributed by atoms with Crippen LogP contribution < -0.4 is 11.1 Å². The zero-order valence-electron chi connectivity index (χ0n) is 20.6. The Morgan fingerprint density at radius 3 is 2.54 bits per heavy atom. The van der Waals surface area contributed by atoms with Gasteiger partial charge in [0.15, 0.2) is 11.5 Å². The van der Waals surface area contributed by atoms with E-state index in [-0.39, 0.29) is 11.7 Å². The van der Waals surface area contributed by atoms with Crippen LogP contribution in [-0.2, 0) is 17.8 Å². The van der Waals surface area contributed by atoms with E-state index in [9.17, 15) is 9.59 Å². The Morgan fingerprint density at radius 1 is 0.973 bits per heavy atom. The molecule has 0 saturated carbocycles. The molecule has 5 aromatic rings. The number of pyridine rings is 2. The molecule has 0 aliphatic rings. The number of aryl methyl sites for hydroxylation is 1. The number of ketones is 1. The van der Waals surface area contributed by atoms with Crippen LogP contribution in [0, 0.1) is 6.92 Å². The van der Waals surface area contributed by atoms with E-state index in [2.05, 4.69) is 15.3 Å². The fourth-order valence-electron chi connectivity index (χ4n) is 4.25. The minimum Gasteiger partial charge on any atom is -0.383 e. The number of rotatable bonds is 7. The molecule has 0 saturated heterocycles. The van der Waals surface area contributed by atoms with Crippen molar-refractivity contribution in [3.8, 4) is 17.1 Å². The van der Waals surface area contributed by atoms with E-state index in [1.165, 1.54) is 6.92 Å². The van der Waals surface area contributed by atoms with Crippen molar-refractivity contribution >= 4 is 28.7 Å². The Kier molecular flexibility index (Phi) is 6.47. The molecule has 0 aliphatic heterocycles. The molecule has 1 amide bonds. The molecule has 0 unspecified atom stereocenters. The third-order valence-corrected chi connectivity index (χ3v) is 6.00. The maximum absolute atomic E-state index is 12.7. The van der Waals surface area contributed by atoms with Crippen LogP contribution in [0.1, 0.15) is 34.0 Å². The third-order valence-electron chi connectivity index (χ3n) is 6.00. The van der Waals surface area contributed by atoms with Crippen LogP contribution in [-0.4, -0.2) is 31.2 Å². The monoisotopic (exact) mass is 490 g/mol. The summed E-state index contributed by atoms with van der Waals surface area (Å²) in [6.45, 7) is 3.88. The molecule has 0 fully saturated rings. The van der Waals surface area contributed by atoms with Gasteiger partial charge in [-0.15, -0.1) is 0 Å². The summed E-state index contributed by atoms with van der Waals surface area (Å²) < 4.78 is 1.96. The van der Waals surface area contributed by atoms with Gasteiger partial charge in [-0.05, 0) is 73.0 Å². The van der Waals surface area contributed by atoms with Crippen LogP contribution >= 0.6 is 0 Å². The average molecular weight is 491 g/mol. The number of imidazole rings is 1. The third kappa shape index (κ3) is 5.08. The molecule has 0 spiro atoms. The largest absolute Gasteiger partial charge is 0.383 e. The second kappa shape index (κ2) is 10.0. The lowest BCUT2D eigenvalue weighted by Crippen LogP contribution is -2.23. The predicted octanol–water partition coefficient (Wildman–Crippen LogP) is 4.43. The maximum Gasteiger partial charge on any atom is 0.251 e. The molecule has 2 aromatic carbocycles. The quantitative estimate of drug-likeness (QED) is 0.349. The number of nitrogens with two attached hydrogens (primary N) is 1. The van der Waals surface area contributed by atoms with Gasteiger partial charge in [0.1, 0.15) is 17.1 Å². The minimum absolute atomic E-state index is 0.0584. The van der Waals surface area contributed by atoms with Crippen LogP contribution in [0.5, 0.6) is 0 Å². The van der Waals surface area contributed by atoms with Crippen LogP contribution in [0.4, 0.5) is 5.82 Å². The van der Waals surface area contributed by atoms with Gasteiger partial charge in [-0.1, -0.05) is 24.3 Å². The molecule has 0 aliphatic carbocycles. The molecule has 37 heavy (non-hydrogen) atoms. The summed E-state index contributed by atoms with van der Waals surface area (Å²) >= 11 is 0. The highest BCUT2D eigenvalue weighted by molar-refractivity contribution is 5.94.